The van der Waals surface area contributed by atoms with Gasteiger partial charge in [-0.15, -0.1) is 0 Å². The van der Waals surface area contributed by atoms with Crippen LogP contribution in [0.5, 0.6) is 5.75 Å². The van der Waals surface area contributed by atoms with Crippen molar-refractivity contribution >= 4 is 0 Å². The quantitative estimate of drug-likeness (QED) is 0.718. The van der Waals surface area contributed by atoms with Gasteiger partial charge in [-0.3, -0.25) is 0 Å². The predicted molar refractivity (Wildman–Crippen MR) is 102 cm³/mol. The third-order valence-electron chi connectivity index (χ3n) is 8.01. The molecule has 0 heterocycles. The Kier molecular flexibility index (Phi) is 4.60. The normalized spacial score (nSPS) is 39.6. The molecule has 138 valence electrons. The Labute approximate surface area is 152 Å². The molecule has 4 rings (SSSR count). The molecule has 2 saturated carbocycles. The molecule has 1 aromatic rings. The summed E-state index contributed by atoms with van der Waals surface area (Å²) in [7, 11) is 0. The van der Waals surface area contributed by atoms with Crippen LogP contribution >= 0.6 is 0 Å². The van der Waals surface area contributed by atoms with Crippen LogP contribution in [-0.4, -0.2) is 16.3 Å². The minimum absolute atomic E-state index is 0.101. The van der Waals surface area contributed by atoms with Gasteiger partial charge in [-0.1, -0.05) is 39.2 Å². The van der Waals surface area contributed by atoms with Crippen LogP contribution in [0.25, 0.3) is 0 Å². The molecule has 0 aliphatic heterocycles. The molecule has 1 aromatic carbocycles. The van der Waals surface area contributed by atoms with Gasteiger partial charge in [0.2, 0.25) is 0 Å². The summed E-state index contributed by atoms with van der Waals surface area (Å²) in [6.45, 7) is 4.64. The number of fused-ring (bicyclic) bond motifs is 5. The van der Waals surface area contributed by atoms with Gasteiger partial charge in [-0.2, -0.15) is 0 Å². The van der Waals surface area contributed by atoms with E-state index in [1.165, 1.54) is 49.7 Å². The lowest BCUT2D eigenvalue weighted by atomic mass is 9.52. The van der Waals surface area contributed by atoms with Gasteiger partial charge in [0.25, 0.3) is 0 Å². The van der Waals surface area contributed by atoms with E-state index < -0.39 is 0 Å². The fourth-order valence-electron chi connectivity index (χ4n) is 6.69. The lowest BCUT2D eigenvalue weighted by Crippen LogP contribution is -2.47. The van der Waals surface area contributed by atoms with Gasteiger partial charge in [-0.05, 0) is 90.9 Å². The van der Waals surface area contributed by atoms with E-state index in [-0.39, 0.29) is 11.5 Å². The molecule has 25 heavy (non-hydrogen) atoms. The zero-order chi connectivity index (χ0) is 17.6. The first-order valence-corrected chi connectivity index (χ1v) is 10.5. The number of phenols is 1. The maximum atomic E-state index is 10.7. The fraction of sp³-hybridized carbons (Fsp3) is 0.739. The summed E-state index contributed by atoms with van der Waals surface area (Å²) in [6.07, 6.45) is 10.8. The number of hydrogen-bond donors (Lipinski definition) is 2. The number of phenolic OH excluding ortho intramolecular Hbond substituents is 1. The smallest absolute Gasteiger partial charge is 0.115 e. The number of aliphatic hydroxyl groups is 1. The maximum Gasteiger partial charge on any atom is 0.115 e. The van der Waals surface area contributed by atoms with Gasteiger partial charge in [-0.25, -0.2) is 0 Å². The predicted octanol–water partition coefficient (Wildman–Crippen LogP) is 5.42. The summed E-state index contributed by atoms with van der Waals surface area (Å²) in [4.78, 5) is 0. The zero-order valence-corrected chi connectivity index (χ0v) is 15.9. The first-order chi connectivity index (χ1) is 12.0. The molecule has 0 unspecified atom stereocenters. The van der Waals surface area contributed by atoms with E-state index >= 15 is 0 Å². The fourth-order valence-corrected chi connectivity index (χ4v) is 6.69. The molecular formula is C23H34O2. The van der Waals surface area contributed by atoms with E-state index in [0.717, 1.165) is 31.1 Å². The van der Waals surface area contributed by atoms with Crippen molar-refractivity contribution in [3.05, 3.63) is 29.3 Å². The molecule has 0 saturated heterocycles. The number of hydrogen-bond acceptors (Lipinski definition) is 2. The maximum absolute atomic E-state index is 10.7. The van der Waals surface area contributed by atoms with Crippen LogP contribution in [0.4, 0.5) is 0 Å². The monoisotopic (exact) mass is 342 g/mol. The van der Waals surface area contributed by atoms with Crippen LogP contribution in [0.2, 0.25) is 0 Å². The van der Waals surface area contributed by atoms with E-state index in [2.05, 4.69) is 19.9 Å². The molecule has 3 aliphatic carbocycles. The van der Waals surface area contributed by atoms with Gasteiger partial charge in [0.05, 0.1) is 6.10 Å². The standard InChI is InChI=1S/C23H34O2/c1-3-4-5-6-15-13-16-14-17(24)7-8-18(16)19-11-12-23(2)20(22(15)19)9-10-21(23)25/h7-8,14-15,19-22,24-25H,3-6,9-13H2,1-2H3/t15-,19-,20+,21+,22-,23+/m1/s1. The Balaban J connectivity index is 1.69. The van der Waals surface area contributed by atoms with Gasteiger partial charge >= 0.3 is 0 Å². The Morgan fingerprint density at radius 1 is 1.16 bits per heavy atom. The van der Waals surface area contributed by atoms with E-state index in [1.807, 2.05) is 12.1 Å². The Hall–Kier alpha value is -1.02. The highest BCUT2D eigenvalue weighted by Crippen LogP contribution is 2.62. The summed E-state index contributed by atoms with van der Waals surface area (Å²) in [5.41, 5.74) is 3.03. The summed E-state index contributed by atoms with van der Waals surface area (Å²) in [6, 6.07) is 6.10. The molecule has 2 nitrogen and oxygen atoms in total. The first-order valence-electron chi connectivity index (χ1n) is 10.5. The molecule has 0 radical (unpaired) electrons. The molecule has 0 aromatic heterocycles. The van der Waals surface area contributed by atoms with Crippen molar-refractivity contribution in [3.8, 4) is 5.75 Å². The summed E-state index contributed by atoms with van der Waals surface area (Å²) in [5.74, 6) is 3.18. The Bertz CT molecular complexity index is 625. The second-order valence-corrected chi connectivity index (χ2v) is 9.27. The van der Waals surface area contributed by atoms with Gasteiger partial charge in [0.1, 0.15) is 5.75 Å². The molecule has 2 heteroatoms. The van der Waals surface area contributed by atoms with E-state index in [9.17, 15) is 10.2 Å². The molecule has 0 bridgehead atoms. The Morgan fingerprint density at radius 3 is 2.80 bits per heavy atom. The average Bonchev–Trinajstić information content (AvgIpc) is 2.90. The highest BCUT2D eigenvalue weighted by molar-refractivity contribution is 5.40. The lowest BCUT2D eigenvalue weighted by Gasteiger charge is -2.53. The summed E-state index contributed by atoms with van der Waals surface area (Å²) < 4.78 is 0. The van der Waals surface area contributed by atoms with Crippen molar-refractivity contribution in [1.82, 2.24) is 0 Å². The highest BCUT2D eigenvalue weighted by Gasteiger charge is 2.56. The molecule has 0 spiro atoms. The van der Waals surface area contributed by atoms with Crippen molar-refractivity contribution in [2.75, 3.05) is 0 Å². The number of benzene rings is 1. The number of rotatable bonds is 4. The average molecular weight is 343 g/mol. The third kappa shape index (κ3) is 2.81. The largest absolute Gasteiger partial charge is 0.508 e. The summed E-state index contributed by atoms with van der Waals surface area (Å²) in [5, 5.41) is 20.7. The van der Waals surface area contributed by atoms with Crippen molar-refractivity contribution in [2.24, 2.45) is 23.2 Å². The van der Waals surface area contributed by atoms with Crippen LogP contribution in [0, 0.1) is 23.2 Å². The lowest BCUT2D eigenvalue weighted by molar-refractivity contribution is -0.0396. The van der Waals surface area contributed by atoms with E-state index in [0.29, 0.717) is 17.6 Å². The van der Waals surface area contributed by atoms with Crippen LogP contribution in [0.15, 0.2) is 18.2 Å². The molecule has 0 amide bonds. The molecule has 6 atom stereocenters. The van der Waals surface area contributed by atoms with Gasteiger partial charge in [0.15, 0.2) is 0 Å². The van der Waals surface area contributed by atoms with Crippen molar-refractivity contribution in [3.63, 3.8) is 0 Å². The molecule has 2 N–H and O–H groups in total. The summed E-state index contributed by atoms with van der Waals surface area (Å²) >= 11 is 0. The zero-order valence-electron chi connectivity index (χ0n) is 15.9. The third-order valence-corrected chi connectivity index (χ3v) is 8.01. The molecular weight excluding hydrogens is 308 g/mol. The van der Waals surface area contributed by atoms with Gasteiger partial charge < -0.3 is 10.2 Å². The van der Waals surface area contributed by atoms with Crippen LogP contribution in [0.1, 0.15) is 82.3 Å². The number of unbranched alkanes of at least 4 members (excludes halogenated alkanes) is 2. The van der Waals surface area contributed by atoms with Crippen LogP contribution in [-0.2, 0) is 6.42 Å². The topological polar surface area (TPSA) is 40.5 Å². The second kappa shape index (κ2) is 6.61. The molecule has 2 fully saturated rings. The van der Waals surface area contributed by atoms with Gasteiger partial charge in [0, 0.05) is 0 Å². The van der Waals surface area contributed by atoms with Crippen molar-refractivity contribution < 1.29 is 10.2 Å². The van der Waals surface area contributed by atoms with E-state index in [4.69, 9.17) is 0 Å². The van der Waals surface area contributed by atoms with Crippen LogP contribution < -0.4 is 0 Å². The number of aliphatic hydroxyl groups excluding tert-OH is 1. The highest BCUT2D eigenvalue weighted by atomic mass is 16.3. The Morgan fingerprint density at radius 2 is 2.00 bits per heavy atom. The molecule has 3 aliphatic rings. The van der Waals surface area contributed by atoms with Crippen molar-refractivity contribution in [1.29, 1.82) is 0 Å². The van der Waals surface area contributed by atoms with E-state index in [1.54, 1.807) is 0 Å². The van der Waals surface area contributed by atoms with Crippen LogP contribution in [0.3, 0.4) is 0 Å². The first kappa shape index (κ1) is 17.4. The number of aromatic hydroxyl groups is 1. The van der Waals surface area contributed by atoms with Crippen molar-refractivity contribution in [2.45, 2.75) is 83.7 Å². The minimum atomic E-state index is -0.101. The second-order valence-electron chi connectivity index (χ2n) is 9.27. The minimum Gasteiger partial charge on any atom is -0.508 e. The SMILES string of the molecule is CCCCC[C@@H]1Cc2cc(O)ccc2[C@H]2CC[C@]3(C)[C@@H](O)CC[C@H]3[C@H]12.